The lowest BCUT2D eigenvalue weighted by Gasteiger charge is -2.09. The van der Waals surface area contributed by atoms with E-state index < -0.39 is 17.7 Å². The summed E-state index contributed by atoms with van der Waals surface area (Å²) in [5.74, 6) is -1.55. The first-order valence-corrected chi connectivity index (χ1v) is 6.31. The third kappa shape index (κ3) is 4.25. The number of benzene rings is 2. The highest BCUT2D eigenvalue weighted by Gasteiger charge is 2.08. The third-order valence-electron chi connectivity index (χ3n) is 2.79. The Morgan fingerprint density at radius 2 is 1.76 bits per heavy atom. The van der Waals surface area contributed by atoms with Crippen molar-refractivity contribution in [3.8, 4) is 0 Å². The van der Waals surface area contributed by atoms with Crippen LogP contribution in [-0.4, -0.2) is 17.7 Å². The molecule has 0 spiro atoms. The highest BCUT2D eigenvalue weighted by Crippen LogP contribution is 2.16. The van der Waals surface area contributed by atoms with Crippen molar-refractivity contribution in [2.75, 3.05) is 17.2 Å². The van der Waals surface area contributed by atoms with Gasteiger partial charge in [-0.15, -0.1) is 0 Å². The second-order valence-corrected chi connectivity index (χ2v) is 4.37. The van der Waals surface area contributed by atoms with Crippen molar-refractivity contribution in [2.45, 2.75) is 6.42 Å². The summed E-state index contributed by atoms with van der Waals surface area (Å²) in [5.41, 5.74) is 1.36. The van der Waals surface area contributed by atoms with Crippen molar-refractivity contribution in [3.63, 3.8) is 0 Å². The van der Waals surface area contributed by atoms with Gasteiger partial charge in [-0.1, -0.05) is 12.1 Å². The van der Waals surface area contributed by atoms with Gasteiger partial charge in [0.1, 0.15) is 11.6 Å². The summed E-state index contributed by atoms with van der Waals surface area (Å²) in [7, 11) is 0. The van der Waals surface area contributed by atoms with Crippen LogP contribution in [0.4, 0.5) is 25.0 Å². The van der Waals surface area contributed by atoms with Crippen molar-refractivity contribution in [2.24, 2.45) is 0 Å². The quantitative estimate of drug-likeness (QED) is 0.810. The van der Waals surface area contributed by atoms with Crippen molar-refractivity contribution in [1.29, 1.82) is 0 Å². The minimum Gasteiger partial charge on any atom is -0.396 e. The van der Waals surface area contributed by atoms with E-state index in [1.54, 1.807) is 24.3 Å². The topological polar surface area (TPSA) is 61.4 Å². The van der Waals surface area contributed by atoms with Gasteiger partial charge < -0.3 is 15.7 Å². The molecule has 0 aliphatic heterocycles. The molecule has 0 aliphatic rings. The molecule has 2 rings (SSSR count). The van der Waals surface area contributed by atoms with Crippen LogP contribution in [0.1, 0.15) is 5.56 Å². The van der Waals surface area contributed by atoms with Gasteiger partial charge in [-0.05, 0) is 36.2 Å². The third-order valence-corrected chi connectivity index (χ3v) is 2.79. The molecular formula is C15H14F2N2O2. The van der Waals surface area contributed by atoms with Crippen molar-refractivity contribution in [3.05, 3.63) is 59.7 Å². The number of aliphatic hydroxyl groups excluding tert-OH is 1. The van der Waals surface area contributed by atoms with Gasteiger partial charge in [0.15, 0.2) is 0 Å². The van der Waals surface area contributed by atoms with Gasteiger partial charge in [-0.25, -0.2) is 13.6 Å². The standard InChI is InChI=1S/C15H14F2N2O2/c16-11-3-6-14(13(17)9-11)19-15(21)18-12-4-1-10(2-5-12)7-8-20/h1-6,9,20H,7-8H2,(H2,18,19,21). The molecule has 2 aromatic carbocycles. The monoisotopic (exact) mass is 292 g/mol. The van der Waals surface area contributed by atoms with Crippen LogP contribution in [0, 0.1) is 11.6 Å². The normalized spacial score (nSPS) is 10.2. The molecule has 0 saturated heterocycles. The number of aliphatic hydroxyl groups is 1. The molecule has 0 saturated carbocycles. The summed E-state index contributed by atoms with van der Waals surface area (Å²) in [6, 6.07) is 9.15. The first-order chi connectivity index (χ1) is 10.1. The summed E-state index contributed by atoms with van der Waals surface area (Å²) in [6.07, 6.45) is 0.535. The van der Waals surface area contributed by atoms with Crippen LogP contribution in [0.15, 0.2) is 42.5 Å². The highest BCUT2D eigenvalue weighted by molar-refractivity contribution is 5.99. The number of nitrogens with one attached hydrogen (secondary N) is 2. The van der Waals surface area contributed by atoms with Crippen LogP contribution in [0.5, 0.6) is 0 Å². The van der Waals surface area contributed by atoms with Crippen LogP contribution in [0.25, 0.3) is 0 Å². The van der Waals surface area contributed by atoms with E-state index in [-0.39, 0.29) is 12.3 Å². The van der Waals surface area contributed by atoms with Crippen LogP contribution in [0.2, 0.25) is 0 Å². The Morgan fingerprint density at radius 3 is 2.38 bits per heavy atom. The van der Waals surface area contributed by atoms with Crippen LogP contribution in [0.3, 0.4) is 0 Å². The second kappa shape index (κ2) is 6.81. The number of carbonyl (C=O) groups excluding carboxylic acids is 1. The second-order valence-electron chi connectivity index (χ2n) is 4.37. The molecule has 0 heterocycles. The van der Waals surface area contributed by atoms with E-state index in [9.17, 15) is 13.6 Å². The van der Waals surface area contributed by atoms with Crippen LogP contribution < -0.4 is 10.6 Å². The van der Waals surface area contributed by atoms with E-state index in [2.05, 4.69) is 10.6 Å². The van der Waals surface area contributed by atoms with Gasteiger partial charge in [-0.3, -0.25) is 0 Å². The number of amides is 2. The largest absolute Gasteiger partial charge is 0.396 e. The molecule has 110 valence electrons. The lowest BCUT2D eigenvalue weighted by Crippen LogP contribution is -2.20. The molecule has 3 N–H and O–H groups in total. The lowest BCUT2D eigenvalue weighted by molar-refractivity contribution is 0.262. The smallest absolute Gasteiger partial charge is 0.323 e. The summed E-state index contributed by atoms with van der Waals surface area (Å²) in [5, 5.41) is 13.6. The zero-order valence-corrected chi connectivity index (χ0v) is 11.1. The maximum absolute atomic E-state index is 13.4. The summed E-state index contributed by atoms with van der Waals surface area (Å²) in [4.78, 5) is 11.7. The molecule has 6 heteroatoms. The molecule has 0 aromatic heterocycles. The average molecular weight is 292 g/mol. The first-order valence-electron chi connectivity index (χ1n) is 6.31. The van der Waals surface area contributed by atoms with Gasteiger partial charge in [0.2, 0.25) is 0 Å². The van der Waals surface area contributed by atoms with E-state index in [0.717, 1.165) is 17.7 Å². The minimum absolute atomic E-state index is 0.0527. The predicted molar refractivity (Wildman–Crippen MR) is 76.2 cm³/mol. The molecule has 2 aromatic rings. The molecule has 2 amide bonds. The molecule has 21 heavy (non-hydrogen) atoms. The van der Waals surface area contributed by atoms with E-state index in [1.807, 2.05) is 0 Å². The van der Waals surface area contributed by atoms with Crippen molar-refractivity contribution >= 4 is 17.4 Å². The summed E-state index contributed by atoms with van der Waals surface area (Å²) < 4.78 is 26.1. The van der Waals surface area contributed by atoms with E-state index >= 15 is 0 Å². The van der Waals surface area contributed by atoms with Crippen molar-refractivity contribution in [1.82, 2.24) is 0 Å². The zero-order valence-electron chi connectivity index (χ0n) is 11.1. The van der Waals surface area contributed by atoms with Crippen molar-refractivity contribution < 1.29 is 18.7 Å². The highest BCUT2D eigenvalue weighted by atomic mass is 19.1. The zero-order chi connectivity index (χ0) is 15.2. The number of hydrogen-bond acceptors (Lipinski definition) is 2. The molecule has 0 atom stereocenters. The summed E-state index contributed by atoms with van der Waals surface area (Å²) >= 11 is 0. The molecule has 0 unspecified atom stereocenters. The minimum atomic E-state index is -0.844. The molecule has 0 bridgehead atoms. The Morgan fingerprint density at radius 1 is 1.05 bits per heavy atom. The van der Waals surface area contributed by atoms with Gasteiger partial charge in [-0.2, -0.15) is 0 Å². The first kappa shape index (κ1) is 14.9. The number of urea groups is 1. The lowest BCUT2D eigenvalue weighted by atomic mass is 10.1. The molecule has 4 nitrogen and oxygen atoms in total. The van der Waals surface area contributed by atoms with Gasteiger partial charge >= 0.3 is 6.03 Å². The van der Waals surface area contributed by atoms with E-state index in [1.165, 1.54) is 0 Å². The Labute approximate surface area is 120 Å². The average Bonchev–Trinajstić information content (AvgIpc) is 2.44. The van der Waals surface area contributed by atoms with E-state index in [0.29, 0.717) is 18.2 Å². The molecule has 0 aliphatic carbocycles. The number of anilines is 2. The Balaban J connectivity index is 1.98. The maximum Gasteiger partial charge on any atom is 0.323 e. The Kier molecular flexibility index (Phi) is 4.84. The number of halogens is 2. The Bertz CT molecular complexity index is 630. The SMILES string of the molecule is O=C(Nc1ccc(CCO)cc1)Nc1ccc(F)cc1F. The van der Waals surface area contributed by atoms with Crippen LogP contribution >= 0.6 is 0 Å². The molecular weight excluding hydrogens is 278 g/mol. The molecule has 0 radical (unpaired) electrons. The number of rotatable bonds is 4. The number of carbonyl (C=O) groups is 1. The predicted octanol–water partition coefficient (Wildman–Crippen LogP) is 3.14. The summed E-state index contributed by atoms with van der Waals surface area (Å²) in [6.45, 7) is 0.0527. The van der Waals surface area contributed by atoms with E-state index in [4.69, 9.17) is 5.11 Å². The fraction of sp³-hybridized carbons (Fsp3) is 0.133. The maximum atomic E-state index is 13.4. The number of hydrogen-bond donors (Lipinski definition) is 3. The molecule has 0 fully saturated rings. The Hall–Kier alpha value is -2.47. The van der Waals surface area contributed by atoms with Gasteiger partial charge in [0.25, 0.3) is 0 Å². The fourth-order valence-electron chi connectivity index (χ4n) is 1.76. The van der Waals surface area contributed by atoms with Gasteiger partial charge in [0.05, 0.1) is 5.69 Å². The fourth-order valence-corrected chi connectivity index (χ4v) is 1.76. The van der Waals surface area contributed by atoms with Crippen LogP contribution in [-0.2, 0) is 6.42 Å². The van der Waals surface area contributed by atoms with Gasteiger partial charge in [0, 0.05) is 18.4 Å².